The summed E-state index contributed by atoms with van der Waals surface area (Å²) in [5.74, 6) is 0.824. The Morgan fingerprint density at radius 2 is 2.27 bits per heavy atom. The third-order valence-corrected chi connectivity index (χ3v) is 4.67. The highest BCUT2D eigenvalue weighted by atomic mass is 32.1. The molecule has 116 valence electrons. The summed E-state index contributed by atoms with van der Waals surface area (Å²) in [6.07, 6.45) is 5.63. The first-order valence-corrected chi connectivity index (χ1v) is 8.24. The summed E-state index contributed by atoms with van der Waals surface area (Å²) >= 11 is 1.60. The zero-order valence-electron chi connectivity index (χ0n) is 13.0. The van der Waals surface area contributed by atoms with Gasteiger partial charge >= 0.3 is 0 Å². The number of aromatic nitrogens is 3. The van der Waals surface area contributed by atoms with Crippen LogP contribution in [0.25, 0.3) is 10.8 Å². The smallest absolute Gasteiger partial charge is 0.162 e. The molecule has 0 unspecified atom stereocenters. The standard InChI is InChI=1S/C16H20N4OS/c1-11-7-18-20(9-11)13(3)12(2)17-8-14-10-22-16(19-14)15-5-4-6-21-15/h4-7,9-10,12-13,17H,8H2,1-3H3/t12-,13+/m1/s1. The Hall–Kier alpha value is -1.92. The highest BCUT2D eigenvalue weighted by Crippen LogP contribution is 2.24. The zero-order chi connectivity index (χ0) is 15.5. The number of hydrogen-bond acceptors (Lipinski definition) is 5. The van der Waals surface area contributed by atoms with Crippen LogP contribution >= 0.6 is 11.3 Å². The van der Waals surface area contributed by atoms with Crippen LogP contribution in [0.3, 0.4) is 0 Å². The van der Waals surface area contributed by atoms with Crippen molar-refractivity contribution in [1.82, 2.24) is 20.1 Å². The van der Waals surface area contributed by atoms with E-state index in [9.17, 15) is 0 Å². The summed E-state index contributed by atoms with van der Waals surface area (Å²) < 4.78 is 7.38. The van der Waals surface area contributed by atoms with E-state index < -0.39 is 0 Å². The minimum atomic E-state index is 0.289. The number of hydrogen-bond donors (Lipinski definition) is 1. The first-order chi connectivity index (χ1) is 10.6. The molecule has 0 bridgehead atoms. The largest absolute Gasteiger partial charge is 0.462 e. The Morgan fingerprint density at radius 3 is 2.95 bits per heavy atom. The fourth-order valence-electron chi connectivity index (χ4n) is 2.22. The van der Waals surface area contributed by atoms with Gasteiger partial charge in [0.15, 0.2) is 10.8 Å². The molecule has 0 aliphatic rings. The third-order valence-electron chi connectivity index (χ3n) is 3.76. The van der Waals surface area contributed by atoms with E-state index in [0.29, 0.717) is 6.04 Å². The molecule has 3 rings (SSSR count). The van der Waals surface area contributed by atoms with Crippen molar-refractivity contribution in [3.8, 4) is 10.8 Å². The van der Waals surface area contributed by atoms with Gasteiger partial charge in [-0.05, 0) is 38.5 Å². The molecular weight excluding hydrogens is 296 g/mol. The van der Waals surface area contributed by atoms with Crippen LogP contribution in [0.5, 0.6) is 0 Å². The van der Waals surface area contributed by atoms with Crippen LogP contribution in [0.1, 0.15) is 31.1 Å². The number of aryl methyl sites for hydroxylation is 1. The van der Waals surface area contributed by atoms with Crippen LogP contribution in [0, 0.1) is 6.92 Å². The molecule has 3 heterocycles. The number of nitrogens with zero attached hydrogens (tertiary/aromatic N) is 3. The maximum Gasteiger partial charge on any atom is 0.162 e. The number of nitrogens with one attached hydrogen (secondary N) is 1. The Bertz CT molecular complexity index is 716. The van der Waals surface area contributed by atoms with Gasteiger partial charge in [0.25, 0.3) is 0 Å². The van der Waals surface area contributed by atoms with Gasteiger partial charge in [0.1, 0.15) is 0 Å². The highest BCUT2D eigenvalue weighted by molar-refractivity contribution is 7.13. The predicted octanol–water partition coefficient (Wildman–Crippen LogP) is 3.65. The Balaban J connectivity index is 1.58. The molecule has 0 saturated carbocycles. The molecule has 0 radical (unpaired) electrons. The molecule has 1 N–H and O–H groups in total. The fourth-order valence-corrected chi connectivity index (χ4v) is 3.01. The normalized spacial score (nSPS) is 14.1. The molecule has 3 aromatic rings. The van der Waals surface area contributed by atoms with Crippen LogP contribution in [0.15, 0.2) is 40.6 Å². The quantitative estimate of drug-likeness (QED) is 0.754. The lowest BCUT2D eigenvalue weighted by Crippen LogP contribution is -2.33. The van der Waals surface area contributed by atoms with Gasteiger partial charge in [-0.2, -0.15) is 5.10 Å². The van der Waals surface area contributed by atoms with Crippen molar-refractivity contribution < 1.29 is 4.42 Å². The van der Waals surface area contributed by atoms with E-state index in [0.717, 1.165) is 23.0 Å². The lowest BCUT2D eigenvalue weighted by Gasteiger charge is -2.21. The first-order valence-electron chi connectivity index (χ1n) is 7.36. The number of thiazole rings is 1. The summed E-state index contributed by atoms with van der Waals surface area (Å²) in [5.41, 5.74) is 2.22. The predicted molar refractivity (Wildman–Crippen MR) is 87.8 cm³/mol. The Morgan fingerprint density at radius 1 is 1.41 bits per heavy atom. The summed E-state index contributed by atoms with van der Waals surface area (Å²) in [6.45, 7) is 7.13. The maximum absolute atomic E-state index is 5.37. The van der Waals surface area contributed by atoms with Gasteiger partial charge < -0.3 is 9.73 Å². The molecule has 22 heavy (non-hydrogen) atoms. The molecule has 0 fully saturated rings. The van der Waals surface area contributed by atoms with E-state index in [1.165, 1.54) is 5.56 Å². The van der Waals surface area contributed by atoms with Crippen molar-refractivity contribution in [2.75, 3.05) is 0 Å². The molecule has 5 nitrogen and oxygen atoms in total. The molecule has 0 amide bonds. The van der Waals surface area contributed by atoms with Crippen molar-refractivity contribution in [3.63, 3.8) is 0 Å². The molecule has 0 aromatic carbocycles. The van der Waals surface area contributed by atoms with E-state index in [4.69, 9.17) is 4.42 Å². The second kappa shape index (κ2) is 6.46. The molecule has 0 aliphatic carbocycles. The van der Waals surface area contributed by atoms with Crippen molar-refractivity contribution >= 4 is 11.3 Å². The summed E-state index contributed by atoms with van der Waals surface area (Å²) in [7, 11) is 0. The SMILES string of the molecule is Cc1cnn([C@@H](C)[C@@H](C)NCc2csc(-c3ccco3)n2)c1. The molecule has 6 heteroatoms. The van der Waals surface area contributed by atoms with Gasteiger partial charge in [0, 0.05) is 24.2 Å². The van der Waals surface area contributed by atoms with Crippen LogP contribution in [0.4, 0.5) is 0 Å². The average molecular weight is 316 g/mol. The van der Waals surface area contributed by atoms with Gasteiger partial charge in [-0.1, -0.05) is 0 Å². The monoisotopic (exact) mass is 316 g/mol. The molecular formula is C16H20N4OS. The Labute approximate surface area is 134 Å². The second-order valence-corrected chi connectivity index (χ2v) is 6.39. The van der Waals surface area contributed by atoms with Crippen molar-refractivity contribution in [3.05, 3.63) is 47.4 Å². The van der Waals surface area contributed by atoms with Gasteiger partial charge in [-0.15, -0.1) is 11.3 Å². The van der Waals surface area contributed by atoms with E-state index in [1.807, 2.05) is 23.0 Å². The summed E-state index contributed by atoms with van der Waals surface area (Å²) in [6, 6.07) is 4.40. The van der Waals surface area contributed by atoms with Gasteiger partial charge in [0.05, 0.1) is 24.2 Å². The van der Waals surface area contributed by atoms with Crippen molar-refractivity contribution in [1.29, 1.82) is 0 Å². The van der Waals surface area contributed by atoms with Crippen LogP contribution < -0.4 is 5.32 Å². The molecule has 2 atom stereocenters. The molecule has 0 aliphatic heterocycles. The van der Waals surface area contributed by atoms with E-state index >= 15 is 0 Å². The molecule has 0 spiro atoms. The zero-order valence-corrected chi connectivity index (χ0v) is 13.8. The second-order valence-electron chi connectivity index (χ2n) is 5.53. The van der Waals surface area contributed by atoms with Crippen molar-refractivity contribution in [2.24, 2.45) is 0 Å². The van der Waals surface area contributed by atoms with E-state index in [1.54, 1.807) is 17.6 Å². The lowest BCUT2D eigenvalue weighted by molar-refractivity contribution is 0.364. The maximum atomic E-state index is 5.37. The summed E-state index contributed by atoms with van der Waals surface area (Å²) in [5, 5.41) is 10.9. The van der Waals surface area contributed by atoms with Crippen LogP contribution in [0.2, 0.25) is 0 Å². The minimum Gasteiger partial charge on any atom is -0.462 e. The Kier molecular flexibility index (Phi) is 4.40. The van der Waals surface area contributed by atoms with Gasteiger partial charge in [-0.3, -0.25) is 4.68 Å². The number of furan rings is 1. The number of rotatable bonds is 6. The third kappa shape index (κ3) is 3.28. The first kappa shape index (κ1) is 15.0. The highest BCUT2D eigenvalue weighted by Gasteiger charge is 2.15. The van der Waals surface area contributed by atoms with E-state index in [-0.39, 0.29) is 6.04 Å². The average Bonchev–Trinajstić information content (AvgIpc) is 3.24. The lowest BCUT2D eigenvalue weighted by atomic mass is 10.1. The topological polar surface area (TPSA) is 55.9 Å². The van der Waals surface area contributed by atoms with Gasteiger partial charge in [-0.25, -0.2) is 4.98 Å². The van der Waals surface area contributed by atoms with Crippen LogP contribution in [-0.2, 0) is 6.54 Å². The van der Waals surface area contributed by atoms with Crippen molar-refractivity contribution in [2.45, 2.75) is 39.4 Å². The van der Waals surface area contributed by atoms with Gasteiger partial charge in [0.2, 0.25) is 0 Å². The minimum absolute atomic E-state index is 0.289. The summed E-state index contributed by atoms with van der Waals surface area (Å²) in [4.78, 5) is 4.60. The van der Waals surface area contributed by atoms with E-state index in [2.05, 4.69) is 47.7 Å². The fraction of sp³-hybridized carbons (Fsp3) is 0.375. The molecule has 0 saturated heterocycles. The molecule has 3 aromatic heterocycles. The van der Waals surface area contributed by atoms with Crippen LogP contribution in [-0.4, -0.2) is 20.8 Å².